The molecular formula is C15H11BrCl2O2. The highest BCUT2D eigenvalue weighted by molar-refractivity contribution is 9.10. The minimum atomic E-state index is -0.156. The normalized spacial score (nSPS) is 10.4. The van der Waals surface area contributed by atoms with Gasteiger partial charge in [-0.3, -0.25) is 4.79 Å². The van der Waals surface area contributed by atoms with Crippen LogP contribution in [0.5, 0.6) is 5.75 Å². The summed E-state index contributed by atoms with van der Waals surface area (Å²) in [5.74, 6) is 0.472. The molecule has 0 aliphatic carbocycles. The smallest absolute Gasteiger partial charge is 0.200 e. The lowest BCUT2D eigenvalue weighted by molar-refractivity contribution is 0.0921. The highest BCUT2D eigenvalue weighted by atomic mass is 79.9. The number of halogens is 3. The lowest BCUT2D eigenvalue weighted by atomic mass is 10.1. The van der Waals surface area contributed by atoms with Gasteiger partial charge < -0.3 is 4.74 Å². The molecule has 0 aliphatic heterocycles. The Balaban J connectivity index is 2.06. The quantitative estimate of drug-likeness (QED) is 0.677. The van der Waals surface area contributed by atoms with E-state index < -0.39 is 0 Å². The molecule has 0 atom stereocenters. The Bertz CT molecular complexity index is 656. The van der Waals surface area contributed by atoms with Crippen LogP contribution in [-0.2, 0) is 0 Å². The highest BCUT2D eigenvalue weighted by Gasteiger charge is 2.10. The van der Waals surface area contributed by atoms with Crippen molar-refractivity contribution in [2.24, 2.45) is 0 Å². The van der Waals surface area contributed by atoms with Gasteiger partial charge in [0.2, 0.25) is 0 Å². The molecule has 0 saturated carbocycles. The van der Waals surface area contributed by atoms with Gasteiger partial charge in [0, 0.05) is 5.56 Å². The predicted octanol–water partition coefficient (Wildman–Crippen LogP) is 5.33. The van der Waals surface area contributed by atoms with Crippen LogP contribution in [0.15, 0.2) is 40.9 Å². The predicted molar refractivity (Wildman–Crippen MR) is 85.2 cm³/mol. The lowest BCUT2D eigenvalue weighted by Gasteiger charge is -2.08. The number of ketones is 1. The molecule has 0 aliphatic rings. The molecule has 2 nitrogen and oxygen atoms in total. The number of benzene rings is 2. The molecule has 0 bridgehead atoms. The van der Waals surface area contributed by atoms with Crippen LogP contribution in [0, 0.1) is 6.92 Å². The first-order chi connectivity index (χ1) is 9.47. The Morgan fingerprint density at radius 3 is 2.55 bits per heavy atom. The van der Waals surface area contributed by atoms with E-state index in [4.69, 9.17) is 27.9 Å². The fourth-order valence-electron chi connectivity index (χ4n) is 1.62. The molecule has 2 aromatic rings. The van der Waals surface area contributed by atoms with Crippen molar-refractivity contribution < 1.29 is 9.53 Å². The van der Waals surface area contributed by atoms with E-state index in [9.17, 15) is 4.79 Å². The molecule has 5 heteroatoms. The average Bonchev–Trinajstić information content (AvgIpc) is 2.40. The summed E-state index contributed by atoms with van der Waals surface area (Å²) in [4.78, 5) is 12.0. The van der Waals surface area contributed by atoms with Crippen LogP contribution in [-0.4, -0.2) is 12.4 Å². The maximum absolute atomic E-state index is 12.0. The molecule has 0 saturated heterocycles. The van der Waals surface area contributed by atoms with E-state index in [-0.39, 0.29) is 12.4 Å². The highest BCUT2D eigenvalue weighted by Crippen LogP contribution is 2.26. The number of carbonyl (C=O) groups is 1. The van der Waals surface area contributed by atoms with Crippen molar-refractivity contribution >= 4 is 44.9 Å². The molecule has 20 heavy (non-hydrogen) atoms. The molecule has 2 aromatic carbocycles. The van der Waals surface area contributed by atoms with Gasteiger partial charge in [-0.1, -0.05) is 29.3 Å². The zero-order chi connectivity index (χ0) is 14.7. The molecular weight excluding hydrogens is 363 g/mol. The SMILES string of the molecule is Cc1ccc(OCC(=O)c2ccc(Cl)c(Cl)c2)c(Br)c1. The van der Waals surface area contributed by atoms with Crippen molar-refractivity contribution in [3.05, 3.63) is 62.0 Å². The van der Waals surface area contributed by atoms with E-state index in [1.165, 1.54) is 0 Å². The summed E-state index contributed by atoms with van der Waals surface area (Å²) in [7, 11) is 0. The van der Waals surface area contributed by atoms with Crippen LogP contribution >= 0.6 is 39.1 Å². The molecule has 0 unspecified atom stereocenters. The van der Waals surface area contributed by atoms with Crippen molar-refractivity contribution in [1.29, 1.82) is 0 Å². The van der Waals surface area contributed by atoms with Crippen LogP contribution in [0.1, 0.15) is 15.9 Å². The van der Waals surface area contributed by atoms with Crippen LogP contribution in [0.25, 0.3) is 0 Å². The Morgan fingerprint density at radius 1 is 1.15 bits per heavy atom. The molecule has 0 fully saturated rings. The van der Waals surface area contributed by atoms with Gasteiger partial charge in [-0.25, -0.2) is 0 Å². The first-order valence-electron chi connectivity index (χ1n) is 5.84. The second kappa shape index (κ2) is 6.61. The van der Waals surface area contributed by atoms with Crippen LogP contribution < -0.4 is 4.74 Å². The first kappa shape index (κ1) is 15.4. The molecule has 104 valence electrons. The van der Waals surface area contributed by atoms with Gasteiger partial charge in [-0.2, -0.15) is 0 Å². The van der Waals surface area contributed by atoms with Crippen LogP contribution in [0.2, 0.25) is 10.0 Å². The maximum Gasteiger partial charge on any atom is 0.200 e. The molecule has 0 N–H and O–H groups in total. The molecule has 0 aromatic heterocycles. The Kier molecular flexibility index (Phi) is 5.08. The van der Waals surface area contributed by atoms with Gasteiger partial charge in [0.1, 0.15) is 5.75 Å². The summed E-state index contributed by atoms with van der Waals surface area (Å²) >= 11 is 15.1. The molecule has 2 rings (SSSR count). The number of ether oxygens (including phenoxy) is 1. The summed E-state index contributed by atoms with van der Waals surface area (Å²) < 4.78 is 6.32. The number of carbonyl (C=O) groups excluding carboxylic acids is 1. The van der Waals surface area contributed by atoms with Crippen LogP contribution in [0.3, 0.4) is 0 Å². The van der Waals surface area contributed by atoms with Gasteiger partial charge in [0.25, 0.3) is 0 Å². The first-order valence-corrected chi connectivity index (χ1v) is 7.39. The summed E-state index contributed by atoms with van der Waals surface area (Å²) in [6.45, 7) is 1.93. The van der Waals surface area contributed by atoms with Gasteiger partial charge in [-0.15, -0.1) is 0 Å². The van der Waals surface area contributed by atoms with E-state index in [0.29, 0.717) is 21.4 Å². The fraction of sp³-hybridized carbons (Fsp3) is 0.133. The Morgan fingerprint density at radius 2 is 1.90 bits per heavy atom. The summed E-state index contributed by atoms with van der Waals surface area (Å²) in [6.07, 6.45) is 0. The van der Waals surface area contributed by atoms with E-state index in [1.54, 1.807) is 18.2 Å². The molecule has 0 amide bonds. The summed E-state index contributed by atoms with van der Waals surface area (Å²) in [5.41, 5.74) is 1.59. The van der Waals surface area contributed by atoms with E-state index in [0.717, 1.165) is 10.0 Å². The van der Waals surface area contributed by atoms with Crippen molar-refractivity contribution in [2.75, 3.05) is 6.61 Å². The Hall–Kier alpha value is -1.03. The van der Waals surface area contributed by atoms with Crippen LogP contribution in [0.4, 0.5) is 0 Å². The van der Waals surface area contributed by atoms with Gasteiger partial charge >= 0.3 is 0 Å². The minimum Gasteiger partial charge on any atom is -0.484 e. The number of hydrogen-bond donors (Lipinski definition) is 0. The van der Waals surface area contributed by atoms with Crippen molar-refractivity contribution in [3.63, 3.8) is 0 Å². The molecule has 0 spiro atoms. The lowest BCUT2D eigenvalue weighted by Crippen LogP contribution is -2.11. The number of aryl methyl sites for hydroxylation is 1. The zero-order valence-corrected chi connectivity index (χ0v) is 13.7. The third-order valence-corrected chi connectivity index (χ3v) is 4.05. The third kappa shape index (κ3) is 3.75. The summed E-state index contributed by atoms with van der Waals surface area (Å²) in [5, 5.41) is 0.777. The molecule has 0 heterocycles. The van der Waals surface area contributed by atoms with Gasteiger partial charge in [0.05, 0.1) is 14.5 Å². The monoisotopic (exact) mass is 372 g/mol. The van der Waals surface area contributed by atoms with Gasteiger partial charge in [-0.05, 0) is 58.7 Å². The second-order valence-electron chi connectivity index (χ2n) is 4.27. The third-order valence-electron chi connectivity index (χ3n) is 2.69. The second-order valence-corrected chi connectivity index (χ2v) is 5.94. The number of hydrogen-bond acceptors (Lipinski definition) is 2. The molecule has 0 radical (unpaired) electrons. The number of rotatable bonds is 4. The van der Waals surface area contributed by atoms with E-state index in [1.807, 2.05) is 25.1 Å². The topological polar surface area (TPSA) is 26.3 Å². The van der Waals surface area contributed by atoms with Crippen molar-refractivity contribution in [3.8, 4) is 5.75 Å². The fourth-order valence-corrected chi connectivity index (χ4v) is 2.52. The standard InChI is InChI=1S/C15H11BrCl2O2/c1-9-2-5-15(11(16)6-9)20-8-14(19)10-3-4-12(17)13(18)7-10/h2-7H,8H2,1H3. The van der Waals surface area contributed by atoms with E-state index in [2.05, 4.69) is 15.9 Å². The van der Waals surface area contributed by atoms with Crippen molar-refractivity contribution in [1.82, 2.24) is 0 Å². The zero-order valence-electron chi connectivity index (χ0n) is 10.6. The largest absolute Gasteiger partial charge is 0.484 e. The minimum absolute atomic E-state index is 0.0559. The average molecular weight is 374 g/mol. The van der Waals surface area contributed by atoms with Crippen molar-refractivity contribution in [2.45, 2.75) is 6.92 Å². The maximum atomic E-state index is 12.0. The van der Waals surface area contributed by atoms with E-state index >= 15 is 0 Å². The Labute approximate surface area is 135 Å². The summed E-state index contributed by atoms with van der Waals surface area (Å²) in [6, 6.07) is 10.4. The number of Topliss-reactive ketones (excluding diaryl/α,β-unsaturated/α-hetero) is 1. The van der Waals surface area contributed by atoms with Gasteiger partial charge in [0.15, 0.2) is 12.4 Å².